The molecule has 0 radical (unpaired) electrons. The largest absolute Gasteiger partial charge is 0.469 e. The van der Waals surface area contributed by atoms with E-state index in [1.54, 1.807) is 27.9 Å². The van der Waals surface area contributed by atoms with Crippen LogP contribution < -0.4 is 0 Å². The van der Waals surface area contributed by atoms with Gasteiger partial charge in [0.2, 0.25) is 0 Å². The lowest BCUT2D eigenvalue weighted by atomic mass is 10.1. The Hall–Kier alpha value is -3.42. The summed E-state index contributed by atoms with van der Waals surface area (Å²) in [5.41, 5.74) is 3.91. The first-order chi connectivity index (χ1) is 14.5. The molecule has 8 heteroatoms. The first-order valence-electron chi connectivity index (χ1n) is 10.2. The van der Waals surface area contributed by atoms with Crippen LogP contribution >= 0.6 is 0 Å². The third-order valence-electron chi connectivity index (χ3n) is 5.63. The first-order valence-corrected chi connectivity index (χ1v) is 10.2. The quantitative estimate of drug-likeness (QED) is 0.468. The van der Waals surface area contributed by atoms with Crippen LogP contribution in [0.2, 0.25) is 0 Å². The van der Waals surface area contributed by atoms with Gasteiger partial charge in [-0.2, -0.15) is 10.2 Å². The SMILES string of the molecule is CCn1ncc(-c2ccnc3cc(C(=O)N(C)C(C)CCc4ccco4)nn23)c1C. The van der Waals surface area contributed by atoms with Gasteiger partial charge < -0.3 is 9.32 Å². The molecule has 0 aromatic carbocycles. The molecule has 1 amide bonds. The van der Waals surface area contributed by atoms with Crippen LogP contribution in [0.5, 0.6) is 0 Å². The molecule has 0 N–H and O–H groups in total. The van der Waals surface area contributed by atoms with Crippen LogP contribution in [-0.2, 0) is 13.0 Å². The Labute approximate surface area is 175 Å². The summed E-state index contributed by atoms with van der Waals surface area (Å²) >= 11 is 0. The van der Waals surface area contributed by atoms with Gasteiger partial charge in [-0.15, -0.1) is 0 Å². The van der Waals surface area contributed by atoms with E-state index < -0.39 is 0 Å². The van der Waals surface area contributed by atoms with E-state index >= 15 is 0 Å². The van der Waals surface area contributed by atoms with Crippen molar-refractivity contribution < 1.29 is 9.21 Å². The molecule has 0 bridgehead atoms. The summed E-state index contributed by atoms with van der Waals surface area (Å²) in [4.78, 5) is 19.2. The molecule has 4 heterocycles. The molecule has 0 saturated carbocycles. The van der Waals surface area contributed by atoms with Crippen LogP contribution in [0.4, 0.5) is 0 Å². The standard InChI is InChI=1S/C22H26N6O2/c1-5-27-16(3)18(14-24-27)20-10-11-23-21-13-19(25-28(20)21)22(29)26(4)15(2)8-9-17-7-6-12-30-17/h6-7,10-15H,5,8-9H2,1-4H3. The van der Waals surface area contributed by atoms with Crippen molar-refractivity contribution in [3.05, 3.63) is 60.1 Å². The second-order valence-corrected chi connectivity index (χ2v) is 7.47. The van der Waals surface area contributed by atoms with Crippen molar-refractivity contribution in [1.82, 2.24) is 29.3 Å². The van der Waals surface area contributed by atoms with Crippen LogP contribution in [0.15, 0.2) is 47.3 Å². The van der Waals surface area contributed by atoms with Gasteiger partial charge in [-0.25, -0.2) is 9.50 Å². The summed E-state index contributed by atoms with van der Waals surface area (Å²) in [6.45, 7) is 6.91. The number of carbonyl (C=O) groups excluding carboxylic acids is 1. The predicted molar refractivity (Wildman–Crippen MR) is 113 cm³/mol. The smallest absolute Gasteiger partial charge is 0.274 e. The van der Waals surface area contributed by atoms with E-state index in [9.17, 15) is 4.79 Å². The molecule has 0 aliphatic heterocycles. The highest BCUT2D eigenvalue weighted by atomic mass is 16.3. The number of fused-ring (bicyclic) bond motifs is 1. The number of hydrogen-bond acceptors (Lipinski definition) is 5. The molecule has 30 heavy (non-hydrogen) atoms. The number of aryl methyl sites for hydroxylation is 2. The Morgan fingerprint density at radius 3 is 2.87 bits per heavy atom. The van der Waals surface area contributed by atoms with Crippen molar-refractivity contribution in [2.75, 3.05) is 7.05 Å². The van der Waals surface area contributed by atoms with Gasteiger partial charge in [0.15, 0.2) is 11.3 Å². The third kappa shape index (κ3) is 3.60. The summed E-state index contributed by atoms with van der Waals surface area (Å²) in [5, 5.41) is 9.01. The van der Waals surface area contributed by atoms with E-state index in [1.807, 2.05) is 50.0 Å². The van der Waals surface area contributed by atoms with Crippen molar-refractivity contribution in [3.63, 3.8) is 0 Å². The Morgan fingerprint density at radius 2 is 2.17 bits per heavy atom. The summed E-state index contributed by atoms with van der Waals surface area (Å²) in [6, 6.07) is 7.51. The monoisotopic (exact) mass is 406 g/mol. The van der Waals surface area contributed by atoms with E-state index in [4.69, 9.17) is 4.42 Å². The molecule has 4 aromatic heterocycles. The number of hydrogen-bond donors (Lipinski definition) is 0. The molecular weight excluding hydrogens is 380 g/mol. The maximum Gasteiger partial charge on any atom is 0.274 e. The average molecular weight is 406 g/mol. The van der Waals surface area contributed by atoms with Crippen molar-refractivity contribution in [2.45, 2.75) is 46.2 Å². The summed E-state index contributed by atoms with van der Waals surface area (Å²) in [6.07, 6.45) is 6.83. The number of aromatic nitrogens is 5. The summed E-state index contributed by atoms with van der Waals surface area (Å²) in [7, 11) is 1.81. The van der Waals surface area contributed by atoms with E-state index in [0.717, 1.165) is 42.1 Å². The molecule has 1 unspecified atom stereocenters. The molecule has 8 nitrogen and oxygen atoms in total. The molecule has 156 valence electrons. The fourth-order valence-corrected chi connectivity index (χ4v) is 3.60. The van der Waals surface area contributed by atoms with Crippen molar-refractivity contribution in [3.8, 4) is 11.3 Å². The molecule has 0 aliphatic rings. The molecule has 4 rings (SSSR count). The molecule has 0 fully saturated rings. The second-order valence-electron chi connectivity index (χ2n) is 7.47. The van der Waals surface area contributed by atoms with Crippen LogP contribution in [0.25, 0.3) is 16.9 Å². The summed E-state index contributed by atoms with van der Waals surface area (Å²) < 4.78 is 9.05. The van der Waals surface area contributed by atoms with Crippen molar-refractivity contribution in [1.29, 1.82) is 0 Å². The van der Waals surface area contributed by atoms with Crippen LogP contribution in [0.1, 0.15) is 42.2 Å². The maximum absolute atomic E-state index is 13.1. The predicted octanol–water partition coefficient (Wildman–Crippen LogP) is 3.61. The van der Waals surface area contributed by atoms with Gasteiger partial charge in [-0.1, -0.05) is 0 Å². The number of rotatable bonds is 7. The topological polar surface area (TPSA) is 81.5 Å². The Kier molecular flexibility index (Phi) is 5.39. The first kappa shape index (κ1) is 19.9. The third-order valence-corrected chi connectivity index (χ3v) is 5.63. The molecule has 0 aliphatic carbocycles. The van der Waals surface area contributed by atoms with Crippen molar-refractivity contribution in [2.24, 2.45) is 0 Å². The van der Waals surface area contributed by atoms with Gasteiger partial charge in [0.05, 0.1) is 18.2 Å². The number of nitrogens with zero attached hydrogens (tertiary/aromatic N) is 6. The zero-order valence-corrected chi connectivity index (χ0v) is 17.7. The lowest BCUT2D eigenvalue weighted by molar-refractivity contribution is 0.0730. The lowest BCUT2D eigenvalue weighted by Gasteiger charge is -2.23. The minimum Gasteiger partial charge on any atom is -0.469 e. The fourth-order valence-electron chi connectivity index (χ4n) is 3.60. The van der Waals surface area contributed by atoms with Crippen LogP contribution in [-0.4, -0.2) is 48.3 Å². The Balaban J connectivity index is 1.58. The lowest BCUT2D eigenvalue weighted by Crippen LogP contribution is -2.35. The Bertz CT molecular complexity index is 1160. The zero-order chi connectivity index (χ0) is 21.3. The highest BCUT2D eigenvalue weighted by molar-refractivity contribution is 5.93. The van der Waals surface area contributed by atoms with Gasteiger partial charge in [-0.3, -0.25) is 9.48 Å². The van der Waals surface area contributed by atoms with E-state index in [-0.39, 0.29) is 11.9 Å². The summed E-state index contributed by atoms with van der Waals surface area (Å²) in [5.74, 6) is 0.798. The number of furan rings is 1. The van der Waals surface area contributed by atoms with Gasteiger partial charge in [0.25, 0.3) is 5.91 Å². The normalized spacial score (nSPS) is 12.4. The number of amides is 1. The van der Waals surface area contributed by atoms with E-state index in [2.05, 4.69) is 22.1 Å². The molecule has 0 spiro atoms. The maximum atomic E-state index is 13.1. The van der Waals surface area contributed by atoms with Crippen LogP contribution in [0.3, 0.4) is 0 Å². The average Bonchev–Trinajstić information content (AvgIpc) is 3.50. The van der Waals surface area contributed by atoms with Crippen molar-refractivity contribution >= 4 is 11.6 Å². The minimum atomic E-state index is -0.126. The highest BCUT2D eigenvalue weighted by Gasteiger charge is 2.22. The molecule has 4 aromatic rings. The van der Waals surface area contributed by atoms with Gasteiger partial charge in [0.1, 0.15) is 5.76 Å². The highest BCUT2D eigenvalue weighted by Crippen LogP contribution is 2.24. The number of carbonyl (C=O) groups is 1. The zero-order valence-electron chi connectivity index (χ0n) is 17.7. The Morgan fingerprint density at radius 1 is 1.33 bits per heavy atom. The van der Waals surface area contributed by atoms with Crippen LogP contribution in [0, 0.1) is 6.92 Å². The van der Waals surface area contributed by atoms with E-state index in [0.29, 0.717) is 11.3 Å². The van der Waals surface area contributed by atoms with Gasteiger partial charge in [0, 0.05) is 49.6 Å². The molecule has 1 atom stereocenters. The molecule has 0 saturated heterocycles. The molecular formula is C22H26N6O2. The minimum absolute atomic E-state index is 0.0462. The van der Waals surface area contributed by atoms with E-state index in [1.165, 1.54) is 0 Å². The van der Waals surface area contributed by atoms with Gasteiger partial charge in [-0.05, 0) is 45.4 Å². The van der Waals surface area contributed by atoms with Gasteiger partial charge >= 0.3 is 0 Å². The second kappa shape index (κ2) is 8.14. The fraction of sp³-hybridized carbons (Fsp3) is 0.364.